The molecule has 1 N–H and O–H groups in total. The van der Waals surface area contributed by atoms with Gasteiger partial charge in [0.2, 0.25) is 0 Å². The molecule has 4 rings (SSSR count). The van der Waals surface area contributed by atoms with Gasteiger partial charge in [-0.15, -0.1) is 0 Å². The number of pyridine rings is 1. The first-order valence-electron chi connectivity index (χ1n) is 8.31. The first-order valence-corrected chi connectivity index (χ1v) is 8.68. The number of halogens is 1. The summed E-state index contributed by atoms with van der Waals surface area (Å²) < 4.78 is 0. The van der Waals surface area contributed by atoms with Crippen molar-refractivity contribution in [3.63, 3.8) is 0 Å². The number of hydrogen-bond acceptors (Lipinski definition) is 4. The maximum Gasteiger partial charge on any atom is 0.258 e. The Kier molecular flexibility index (Phi) is 4.41. The molecule has 0 aliphatic heterocycles. The van der Waals surface area contributed by atoms with Crippen LogP contribution < -0.4 is 5.56 Å². The number of aromatic amines is 1. The van der Waals surface area contributed by atoms with E-state index in [0.29, 0.717) is 35.0 Å². The van der Waals surface area contributed by atoms with Crippen molar-refractivity contribution in [2.45, 2.75) is 13.1 Å². The largest absolute Gasteiger partial charge is 0.309 e. The molecule has 6 heteroatoms. The minimum atomic E-state index is -0.121. The highest BCUT2D eigenvalue weighted by molar-refractivity contribution is 6.30. The van der Waals surface area contributed by atoms with Gasteiger partial charge in [-0.05, 0) is 31.3 Å². The summed E-state index contributed by atoms with van der Waals surface area (Å²) in [5.41, 5.74) is 2.40. The number of hydrogen-bond donors (Lipinski definition) is 1. The van der Waals surface area contributed by atoms with Crippen LogP contribution in [0, 0.1) is 0 Å². The molecule has 0 spiro atoms. The number of H-pyrrole nitrogens is 1. The molecule has 0 saturated heterocycles. The van der Waals surface area contributed by atoms with Crippen LogP contribution in [0.3, 0.4) is 0 Å². The molecule has 26 heavy (non-hydrogen) atoms. The van der Waals surface area contributed by atoms with Crippen molar-refractivity contribution in [3.8, 4) is 0 Å². The Hall–Kier alpha value is -2.76. The van der Waals surface area contributed by atoms with Crippen molar-refractivity contribution >= 4 is 33.4 Å². The van der Waals surface area contributed by atoms with Crippen LogP contribution in [0.25, 0.3) is 21.8 Å². The minimum Gasteiger partial charge on any atom is -0.309 e. The highest BCUT2D eigenvalue weighted by Crippen LogP contribution is 2.21. The molecule has 2 heterocycles. The molecule has 0 aliphatic rings. The number of nitrogens with one attached hydrogen (secondary N) is 1. The normalized spacial score (nSPS) is 11.5. The highest BCUT2D eigenvalue weighted by Gasteiger charge is 2.10. The van der Waals surface area contributed by atoms with E-state index in [4.69, 9.17) is 11.6 Å². The standard InChI is InChI=1S/C20H17ClN4O/c1-25(11-14-10-13-6-2-4-8-16(13)23-19(14)21)12-18-22-17-9-5-3-7-15(17)20(26)24-18/h2-10H,11-12H2,1H3,(H,22,24,26). The molecule has 0 aliphatic carbocycles. The second-order valence-electron chi connectivity index (χ2n) is 6.33. The smallest absolute Gasteiger partial charge is 0.258 e. The fourth-order valence-electron chi connectivity index (χ4n) is 3.06. The van der Waals surface area contributed by atoms with Crippen LogP contribution in [0.5, 0.6) is 0 Å². The van der Waals surface area contributed by atoms with Gasteiger partial charge in [-0.1, -0.05) is 41.9 Å². The van der Waals surface area contributed by atoms with Gasteiger partial charge < -0.3 is 4.98 Å². The zero-order chi connectivity index (χ0) is 18.1. The molecular formula is C20H17ClN4O. The van der Waals surface area contributed by atoms with Crippen LogP contribution in [-0.4, -0.2) is 26.9 Å². The average molecular weight is 365 g/mol. The van der Waals surface area contributed by atoms with Crippen LogP contribution in [0.15, 0.2) is 59.4 Å². The van der Waals surface area contributed by atoms with Crippen LogP contribution in [0.2, 0.25) is 5.15 Å². The van der Waals surface area contributed by atoms with E-state index >= 15 is 0 Å². The third-order valence-corrected chi connectivity index (χ3v) is 4.60. The molecule has 2 aromatic heterocycles. The second-order valence-corrected chi connectivity index (χ2v) is 6.69. The Morgan fingerprint density at radius 2 is 1.73 bits per heavy atom. The SMILES string of the molecule is CN(Cc1nc2ccccc2c(=O)[nH]1)Cc1cc2ccccc2nc1Cl. The van der Waals surface area contributed by atoms with Crippen molar-refractivity contribution in [1.29, 1.82) is 0 Å². The monoisotopic (exact) mass is 364 g/mol. The van der Waals surface area contributed by atoms with Crippen molar-refractivity contribution in [1.82, 2.24) is 19.9 Å². The summed E-state index contributed by atoms with van der Waals surface area (Å²) in [6, 6.07) is 17.3. The zero-order valence-corrected chi connectivity index (χ0v) is 15.0. The Balaban J connectivity index is 1.58. The average Bonchev–Trinajstić information content (AvgIpc) is 2.62. The molecule has 0 radical (unpaired) electrons. The molecule has 0 atom stereocenters. The van der Waals surface area contributed by atoms with Gasteiger partial charge in [0.1, 0.15) is 11.0 Å². The lowest BCUT2D eigenvalue weighted by molar-refractivity contribution is 0.310. The van der Waals surface area contributed by atoms with E-state index in [-0.39, 0.29) is 5.56 Å². The number of aromatic nitrogens is 3. The summed E-state index contributed by atoms with van der Waals surface area (Å²) >= 11 is 6.34. The lowest BCUT2D eigenvalue weighted by atomic mass is 10.1. The molecule has 4 aromatic rings. The molecular weight excluding hydrogens is 348 g/mol. The summed E-state index contributed by atoms with van der Waals surface area (Å²) in [6.07, 6.45) is 0. The van der Waals surface area contributed by atoms with Crippen molar-refractivity contribution in [3.05, 3.63) is 81.5 Å². The Labute approximate surface area is 155 Å². The number of benzene rings is 2. The van der Waals surface area contributed by atoms with Crippen LogP contribution >= 0.6 is 11.6 Å². The van der Waals surface area contributed by atoms with Crippen molar-refractivity contribution in [2.24, 2.45) is 0 Å². The van der Waals surface area contributed by atoms with E-state index in [1.54, 1.807) is 6.07 Å². The summed E-state index contributed by atoms with van der Waals surface area (Å²) in [6.45, 7) is 1.11. The number of para-hydroxylation sites is 2. The maximum absolute atomic E-state index is 12.2. The summed E-state index contributed by atoms with van der Waals surface area (Å²) in [5, 5.41) is 2.15. The molecule has 0 fully saturated rings. The van der Waals surface area contributed by atoms with Gasteiger partial charge in [0.05, 0.1) is 23.0 Å². The van der Waals surface area contributed by atoms with Gasteiger partial charge >= 0.3 is 0 Å². The third kappa shape index (κ3) is 3.31. The minimum absolute atomic E-state index is 0.121. The molecule has 0 saturated carbocycles. The lowest BCUT2D eigenvalue weighted by Crippen LogP contribution is -2.22. The lowest BCUT2D eigenvalue weighted by Gasteiger charge is -2.17. The Morgan fingerprint density at radius 3 is 2.58 bits per heavy atom. The van der Waals surface area contributed by atoms with Crippen LogP contribution in [-0.2, 0) is 13.1 Å². The first-order chi connectivity index (χ1) is 12.6. The summed E-state index contributed by atoms with van der Waals surface area (Å²) in [7, 11) is 1.96. The zero-order valence-electron chi connectivity index (χ0n) is 14.2. The molecule has 5 nitrogen and oxygen atoms in total. The van der Waals surface area contributed by atoms with E-state index in [1.807, 2.05) is 54.4 Å². The Bertz CT molecular complexity index is 1160. The van der Waals surface area contributed by atoms with Gasteiger partial charge in [0, 0.05) is 17.5 Å². The number of fused-ring (bicyclic) bond motifs is 2. The number of rotatable bonds is 4. The summed E-state index contributed by atoms with van der Waals surface area (Å²) in [4.78, 5) is 26.1. The predicted octanol–water partition coefficient (Wildman–Crippen LogP) is 3.76. The molecule has 0 unspecified atom stereocenters. The van der Waals surface area contributed by atoms with Crippen LogP contribution in [0.4, 0.5) is 0 Å². The third-order valence-electron chi connectivity index (χ3n) is 4.27. The van der Waals surface area contributed by atoms with Gasteiger partial charge in [0.15, 0.2) is 0 Å². The molecule has 0 bridgehead atoms. The molecule has 2 aromatic carbocycles. The predicted molar refractivity (Wildman–Crippen MR) is 104 cm³/mol. The molecule has 0 amide bonds. The quantitative estimate of drug-likeness (QED) is 0.560. The van der Waals surface area contributed by atoms with E-state index < -0.39 is 0 Å². The fourth-order valence-corrected chi connectivity index (χ4v) is 3.26. The van der Waals surface area contributed by atoms with Crippen molar-refractivity contribution in [2.75, 3.05) is 7.05 Å². The van der Waals surface area contributed by atoms with E-state index in [9.17, 15) is 4.79 Å². The summed E-state index contributed by atoms with van der Waals surface area (Å²) in [5.74, 6) is 0.626. The fraction of sp³-hybridized carbons (Fsp3) is 0.150. The topological polar surface area (TPSA) is 61.9 Å². The second kappa shape index (κ2) is 6.86. The highest BCUT2D eigenvalue weighted by atomic mass is 35.5. The maximum atomic E-state index is 12.2. The van der Waals surface area contributed by atoms with Gasteiger partial charge in [0.25, 0.3) is 5.56 Å². The van der Waals surface area contributed by atoms with E-state index in [0.717, 1.165) is 16.5 Å². The van der Waals surface area contributed by atoms with E-state index in [2.05, 4.69) is 21.0 Å². The van der Waals surface area contributed by atoms with Gasteiger partial charge in [-0.3, -0.25) is 9.69 Å². The molecule has 130 valence electrons. The van der Waals surface area contributed by atoms with Crippen molar-refractivity contribution < 1.29 is 0 Å². The van der Waals surface area contributed by atoms with Crippen LogP contribution in [0.1, 0.15) is 11.4 Å². The Morgan fingerprint density at radius 1 is 1.00 bits per heavy atom. The van der Waals surface area contributed by atoms with Gasteiger partial charge in [-0.25, -0.2) is 9.97 Å². The van der Waals surface area contributed by atoms with Gasteiger partial charge in [-0.2, -0.15) is 0 Å². The van der Waals surface area contributed by atoms with E-state index in [1.165, 1.54) is 0 Å². The first kappa shape index (κ1) is 16.7. The number of nitrogens with zero attached hydrogens (tertiary/aromatic N) is 3.